The number of rotatable bonds is 2. The number of hydrogen-bond donors (Lipinski definition) is 1. The maximum absolute atomic E-state index is 12.7. The summed E-state index contributed by atoms with van der Waals surface area (Å²) in [6.45, 7) is 1.51. The number of carboxylic acid groups (broad SMARTS) is 1. The number of aromatic nitrogens is 2. The Labute approximate surface area is 116 Å². The van der Waals surface area contributed by atoms with Crippen molar-refractivity contribution in [1.82, 2.24) is 9.78 Å². The molecule has 1 aromatic carbocycles. The average molecular weight is 305 g/mol. The fourth-order valence-electron chi connectivity index (χ4n) is 1.68. The van der Waals surface area contributed by atoms with Crippen molar-refractivity contribution in [2.75, 3.05) is 0 Å². The molecule has 20 heavy (non-hydrogen) atoms. The van der Waals surface area contributed by atoms with Crippen LogP contribution in [0.15, 0.2) is 24.4 Å². The summed E-state index contributed by atoms with van der Waals surface area (Å²) < 4.78 is 39.3. The largest absolute Gasteiger partial charge is 0.476 e. The van der Waals surface area contributed by atoms with Gasteiger partial charge in [0.1, 0.15) is 0 Å². The number of nitrogens with zero attached hydrogens (tertiary/aromatic N) is 2. The molecule has 0 spiro atoms. The zero-order valence-electron chi connectivity index (χ0n) is 10.1. The first-order valence-corrected chi connectivity index (χ1v) is 5.74. The second kappa shape index (κ2) is 4.82. The molecule has 0 aliphatic rings. The Morgan fingerprint density at radius 2 is 2.05 bits per heavy atom. The van der Waals surface area contributed by atoms with Crippen molar-refractivity contribution >= 4 is 17.6 Å². The second-order valence-electron chi connectivity index (χ2n) is 4.07. The first-order chi connectivity index (χ1) is 9.20. The molecular weight excluding hydrogens is 297 g/mol. The van der Waals surface area contributed by atoms with Gasteiger partial charge >= 0.3 is 12.1 Å². The van der Waals surface area contributed by atoms with E-state index >= 15 is 0 Å². The molecule has 0 amide bonds. The minimum absolute atomic E-state index is 0.0809. The lowest BCUT2D eigenvalue weighted by Crippen LogP contribution is -2.08. The second-order valence-corrected chi connectivity index (χ2v) is 4.48. The van der Waals surface area contributed by atoms with Crippen LogP contribution in [0.25, 0.3) is 5.69 Å². The molecule has 1 N–H and O–H groups in total. The van der Waals surface area contributed by atoms with Gasteiger partial charge in [0, 0.05) is 11.8 Å². The van der Waals surface area contributed by atoms with Crippen molar-refractivity contribution in [1.29, 1.82) is 0 Å². The molecule has 0 radical (unpaired) electrons. The van der Waals surface area contributed by atoms with Gasteiger partial charge in [-0.3, -0.25) is 0 Å². The van der Waals surface area contributed by atoms with E-state index in [1.54, 1.807) is 0 Å². The fourth-order valence-corrected chi connectivity index (χ4v) is 1.90. The molecule has 8 heteroatoms. The van der Waals surface area contributed by atoms with E-state index in [-0.39, 0.29) is 11.4 Å². The van der Waals surface area contributed by atoms with Crippen LogP contribution >= 0.6 is 11.6 Å². The molecule has 0 bridgehead atoms. The number of halogens is 4. The van der Waals surface area contributed by atoms with Crippen LogP contribution in [0.5, 0.6) is 0 Å². The lowest BCUT2D eigenvalue weighted by Gasteiger charge is -2.10. The van der Waals surface area contributed by atoms with Crippen LogP contribution in [-0.2, 0) is 6.18 Å². The van der Waals surface area contributed by atoms with Crippen LogP contribution in [0.2, 0.25) is 5.02 Å². The number of alkyl halides is 3. The van der Waals surface area contributed by atoms with E-state index in [2.05, 4.69) is 5.10 Å². The van der Waals surface area contributed by atoms with Gasteiger partial charge in [-0.05, 0) is 25.1 Å². The fraction of sp³-hybridized carbons (Fsp3) is 0.167. The minimum atomic E-state index is -4.59. The van der Waals surface area contributed by atoms with E-state index in [9.17, 15) is 18.0 Å². The molecule has 4 nitrogen and oxygen atoms in total. The van der Waals surface area contributed by atoms with Crippen LogP contribution in [0.1, 0.15) is 21.6 Å². The molecule has 1 aromatic heterocycles. The Kier molecular flexibility index (Phi) is 3.47. The Hall–Kier alpha value is -2.02. The zero-order chi connectivity index (χ0) is 15.1. The molecule has 0 atom stereocenters. The predicted molar refractivity (Wildman–Crippen MR) is 65.3 cm³/mol. The molecule has 0 saturated heterocycles. The van der Waals surface area contributed by atoms with Crippen molar-refractivity contribution in [2.45, 2.75) is 13.1 Å². The van der Waals surface area contributed by atoms with E-state index in [1.807, 2.05) is 0 Å². The lowest BCUT2D eigenvalue weighted by atomic mass is 10.2. The van der Waals surface area contributed by atoms with Gasteiger partial charge in [0.2, 0.25) is 0 Å². The first kappa shape index (κ1) is 14.4. The third-order valence-corrected chi connectivity index (χ3v) is 2.95. The molecule has 0 fully saturated rings. The standard InChI is InChI=1S/C12H8ClF3N2O2/c1-6-5-18(17-10(6)11(19)20)7-2-3-9(13)8(4-7)12(14,15)16/h2-5H,1H3,(H,19,20). The lowest BCUT2D eigenvalue weighted by molar-refractivity contribution is -0.137. The van der Waals surface area contributed by atoms with E-state index in [0.717, 1.165) is 16.8 Å². The average Bonchev–Trinajstić information content (AvgIpc) is 2.70. The summed E-state index contributed by atoms with van der Waals surface area (Å²) in [4.78, 5) is 10.9. The Balaban J connectivity index is 2.54. The number of hydrogen-bond acceptors (Lipinski definition) is 2. The van der Waals surface area contributed by atoms with Crippen LogP contribution in [0.3, 0.4) is 0 Å². The highest BCUT2D eigenvalue weighted by Gasteiger charge is 2.33. The highest BCUT2D eigenvalue weighted by Crippen LogP contribution is 2.35. The molecular formula is C12H8ClF3N2O2. The van der Waals surface area contributed by atoms with Gasteiger partial charge in [-0.15, -0.1) is 0 Å². The molecule has 0 saturated carbocycles. The number of aryl methyl sites for hydroxylation is 1. The third-order valence-electron chi connectivity index (χ3n) is 2.62. The van der Waals surface area contributed by atoms with Gasteiger partial charge in [-0.25, -0.2) is 9.48 Å². The predicted octanol–water partition coefficient (Wildman–Crippen LogP) is 3.55. The summed E-state index contributed by atoms with van der Waals surface area (Å²) in [6, 6.07) is 3.24. The summed E-state index contributed by atoms with van der Waals surface area (Å²) in [6.07, 6.45) is -3.25. The Morgan fingerprint density at radius 1 is 1.40 bits per heavy atom. The highest BCUT2D eigenvalue weighted by atomic mass is 35.5. The van der Waals surface area contributed by atoms with E-state index in [0.29, 0.717) is 5.56 Å². The third kappa shape index (κ3) is 2.62. The highest BCUT2D eigenvalue weighted by molar-refractivity contribution is 6.31. The molecule has 0 aliphatic heterocycles. The molecule has 106 valence electrons. The van der Waals surface area contributed by atoms with Gasteiger partial charge in [0.05, 0.1) is 16.3 Å². The van der Waals surface area contributed by atoms with Gasteiger partial charge in [-0.2, -0.15) is 18.3 Å². The Bertz CT molecular complexity index is 680. The van der Waals surface area contributed by atoms with Crippen LogP contribution in [0, 0.1) is 6.92 Å². The number of carboxylic acids is 1. The summed E-state index contributed by atoms with van der Waals surface area (Å²) in [5.41, 5.74) is -0.784. The minimum Gasteiger partial charge on any atom is -0.476 e. The van der Waals surface area contributed by atoms with Crippen molar-refractivity contribution in [3.05, 3.63) is 46.2 Å². The SMILES string of the molecule is Cc1cn(-c2ccc(Cl)c(C(F)(F)F)c2)nc1C(=O)O. The zero-order valence-corrected chi connectivity index (χ0v) is 10.8. The number of aromatic carboxylic acids is 1. The van der Waals surface area contributed by atoms with Crippen LogP contribution < -0.4 is 0 Å². The first-order valence-electron chi connectivity index (χ1n) is 5.37. The monoisotopic (exact) mass is 304 g/mol. The van der Waals surface area contributed by atoms with Gasteiger partial charge in [-0.1, -0.05) is 11.6 Å². The molecule has 2 aromatic rings. The van der Waals surface area contributed by atoms with Crippen molar-refractivity contribution in [2.24, 2.45) is 0 Å². The van der Waals surface area contributed by atoms with E-state index < -0.39 is 22.7 Å². The smallest absolute Gasteiger partial charge is 0.417 e. The van der Waals surface area contributed by atoms with Gasteiger partial charge in [0.15, 0.2) is 5.69 Å². The van der Waals surface area contributed by atoms with Crippen molar-refractivity contribution < 1.29 is 23.1 Å². The van der Waals surface area contributed by atoms with Crippen LogP contribution in [-0.4, -0.2) is 20.9 Å². The normalized spacial score (nSPS) is 11.7. The maximum atomic E-state index is 12.7. The number of carbonyl (C=O) groups is 1. The number of benzene rings is 1. The molecule has 0 unspecified atom stereocenters. The molecule has 1 heterocycles. The summed E-state index contributed by atoms with van der Waals surface area (Å²) >= 11 is 5.51. The van der Waals surface area contributed by atoms with E-state index in [1.165, 1.54) is 19.2 Å². The summed E-state index contributed by atoms with van der Waals surface area (Å²) in [7, 11) is 0. The van der Waals surface area contributed by atoms with Crippen molar-refractivity contribution in [3.8, 4) is 5.69 Å². The quantitative estimate of drug-likeness (QED) is 0.923. The van der Waals surface area contributed by atoms with Gasteiger partial charge < -0.3 is 5.11 Å². The van der Waals surface area contributed by atoms with E-state index in [4.69, 9.17) is 16.7 Å². The molecule has 2 rings (SSSR count). The van der Waals surface area contributed by atoms with Crippen molar-refractivity contribution in [3.63, 3.8) is 0 Å². The topological polar surface area (TPSA) is 55.1 Å². The summed E-state index contributed by atoms with van der Waals surface area (Å²) in [5.74, 6) is -1.24. The van der Waals surface area contributed by atoms with Gasteiger partial charge in [0.25, 0.3) is 0 Å². The summed E-state index contributed by atoms with van der Waals surface area (Å²) in [5, 5.41) is 12.2. The Morgan fingerprint density at radius 3 is 2.55 bits per heavy atom. The maximum Gasteiger partial charge on any atom is 0.417 e. The van der Waals surface area contributed by atoms with Crippen LogP contribution in [0.4, 0.5) is 13.2 Å². The molecule has 0 aliphatic carbocycles.